The molecule has 1 saturated carbocycles. The van der Waals surface area contributed by atoms with Gasteiger partial charge in [0.25, 0.3) is 5.91 Å². The van der Waals surface area contributed by atoms with Crippen LogP contribution in [0, 0.1) is 20.8 Å². The number of aromatic nitrogens is 1. The highest BCUT2D eigenvalue weighted by Gasteiger charge is 2.27. The second-order valence-electron chi connectivity index (χ2n) is 9.96. The van der Waals surface area contributed by atoms with E-state index in [-0.39, 0.29) is 5.91 Å². The van der Waals surface area contributed by atoms with E-state index in [0.29, 0.717) is 6.04 Å². The summed E-state index contributed by atoms with van der Waals surface area (Å²) in [4.78, 5) is 19.7. The van der Waals surface area contributed by atoms with Gasteiger partial charge in [0.1, 0.15) is 5.00 Å². The number of rotatable bonds is 5. The fourth-order valence-electron chi connectivity index (χ4n) is 5.52. The molecule has 1 N–H and O–H groups in total. The van der Waals surface area contributed by atoms with Gasteiger partial charge in [-0.15, -0.1) is 11.3 Å². The molecule has 34 heavy (non-hydrogen) atoms. The van der Waals surface area contributed by atoms with Crippen LogP contribution in [0.4, 0.5) is 5.00 Å². The first-order chi connectivity index (χ1) is 16.5. The Morgan fingerprint density at radius 2 is 1.76 bits per heavy atom. The number of carbonyl (C=O) groups excluding carboxylic acids is 1. The second kappa shape index (κ2) is 9.91. The van der Waals surface area contributed by atoms with Gasteiger partial charge in [0, 0.05) is 39.8 Å². The number of fused-ring (bicyclic) bond motifs is 1. The van der Waals surface area contributed by atoms with Crippen LogP contribution >= 0.6 is 11.3 Å². The van der Waals surface area contributed by atoms with Crippen molar-refractivity contribution >= 4 is 28.5 Å². The Morgan fingerprint density at radius 3 is 2.53 bits per heavy atom. The Labute approximate surface area is 207 Å². The summed E-state index contributed by atoms with van der Waals surface area (Å²) >= 11 is 1.72. The Bertz CT molecular complexity index is 1210. The molecule has 2 aliphatic carbocycles. The van der Waals surface area contributed by atoms with Crippen LogP contribution in [0.15, 0.2) is 35.3 Å². The minimum Gasteiger partial charge on any atom is -0.349 e. The summed E-state index contributed by atoms with van der Waals surface area (Å²) in [6.07, 6.45) is 12.3. The average Bonchev–Trinajstić information content (AvgIpc) is 3.35. The van der Waals surface area contributed by atoms with Crippen molar-refractivity contribution in [1.82, 2.24) is 9.88 Å². The Balaban J connectivity index is 1.46. The predicted molar refractivity (Wildman–Crippen MR) is 143 cm³/mol. The van der Waals surface area contributed by atoms with Gasteiger partial charge in [-0.05, 0) is 83.1 Å². The molecular weight excluding hydrogens is 438 g/mol. The van der Waals surface area contributed by atoms with E-state index < -0.39 is 0 Å². The molecule has 1 amide bonds. The van der Waals surface area contributed by atoms with E-state index in [1.54, 1.807) is 11.3 Å². The number of nitrogens with one attached hydrogen (secondary N) is 1. The van der Waals surface area contributed by atoms with Crippen molar-refractivity contribution in [3.05, 3.63) is 68.9 Å². The smallest absolute Gasteiger partial charge is 0.254 e. The number of aliphatic imine (C=N–C) groups is 1. The van der Waals surface area contributed by atoms with E-state index >= 15 is 0 Å². The molecular formula is C29H35N3OS. The number of aryl methyl sites for hydroxylation is 3. The van der Waals surface area contributed by atoms with Gasteiger partial charge in [-0.25, -0.2) is 4.99 Å². The largest absolute Gasteiger partial charge is 0.349 e. The highest BCUT2D eigenvalue weighted by atomic mass is 32.1. The van der Waals surface area contributed by atoms with E-state index in [1.807, 2.05) is 6.21 Å². The van der Waals surface area contributed by atoms with Crippen molar-refractivity contribution in [1.29, 1.82) is 0 Å². The van der Waals surface area contributed by atoms with Gasteiger partial charge in [-0.1, -0.05) is 37.0 Å². The lowest BCUT2D eigenvalue weighted by molar-refractivity contribution is 0.0927. The standard InChI is InChI=1S/C29H35N3OS/c1-19-13-15-24(16-14-19)32-20(2)17-22(21(32)3)18-30-29-27(25-11-7-8-12-26(25)34-29)28(33)31-23-9-5-4-6-10-23/h13-18,23H,4-12H2,1-3H3,(H,31,33)/b30-18+. The van der Waals surface area contributed by atoms with Gasteiger partial charge in [0.05, 0.1) is 5.56 Å². The molecule has 0 radical (unpaired) electrons. The van der Waals surface area contributed by atoms with Gasteiger partial charge >= 0.3 is 0 Å². The van der Waals surface area contributed by atoms with Crippen LogP contribution in [-0.2, 0) is 12.8 Å². The lowest BCUT2D eigenvalue weighted by Crippen LogP contribution is -2.36. The normalized spacial score (nSPS) is 16.7. The number of nitrogens with zero attached hydrogens (tertiary/aromatic N) is 2. The third-order valence-electron chi connectivity index (χ3n) is 7.40. The molecule has 1 aromatic carbocycles. The van der Waals surface area contributed by atoms with Crippen molar-refractivity contribution in [2.45, 2.75) is 84.6 Å². The summed E-state index contributed by atoms with van der Waals surface area (Å²) in [7, 11) is 0. The van der Waals surface area contributed by atoms with Crippen molar-refractivity contribution < 1.29 is 4.79 Å². The average molecular weight is 474 g/mol. The van der Waals surface area contributed by atoms with Gasteiger partial charge in [-0.2, -0.15) is 0 Å². The molecule has 178 valence electrons. The minimum absolute atomic E-state index is 0.0866. The molecule has 0 spiro atoms. The molecule has 1 fully saturated rings. The summed E-state index contributed by atoms with van der Waals surface area (Å²) in [6.45, 7) is 6.39. The van der Waals surface area contributed by atoms with Gasteiger partial charge in [0.15, 0.2) is 0 Å². The molecule has 0 atom stereocenters. The Morgan fingerprint density at radius 1 is 1.03 bits per heavy atom. The summed E-state index contributed by atoms with van der Waals surface area (Å²) in [6, 6.07) is 11.1. The van der Waals surface area contributed by atoms with E-state index in [0.717, 1.165) is 48.2 Å². The molecule has 0 aliphatic heterocycles. The Kier molecular flexibility index (Phi) is 6.73. The summed E-state index contributed by atoms with van der Waals surface area (Å²) in [5.41, 5.74) is 7.97. The molecule has 5 rings (SSSR count). The zero-order chi connectivity index (χ0) is 23.7. The highest BCUT2D eigenvalue weighted by Crippen LogP contribution is 2.40. The van der Waals surface area contributed by atoms with Crippen molar-refractivity contribution in [2.24, 2.45) is 4.99 Å². The van der Waals surface area contributed by atoms with Crippen LogP contribution in [0.2, 0.25) is 0 Å². The molecule has 4 nitrogen and oxygen atoms in total. The fraction of sp³-hybridized carbons (Fsp3) is 0.448. The van der Waals surface area contributed by atoms with E-state index in [2.05, 4.69) is 61.0 Å². The Hall–Kier alpha value is -2.66. The number of thiophene rings is 1. The monoisotopic (exact) mass is 473 g/mol. The molecule has 2 heterocycles. The van der Waals surface area contributed by atoms with E-state index in [9.17, 15) is 4.79 Å². The van der Waals surface area contributed by atoms with Crippen LogP contribution < -0.4 is 5.32 Å². The van der Waals surface area contributed by atoms with Gasteiger partial charge in [0.2, 0.25) is 0 Å². The number of amides is 1. The van der Waals surface area contributed by atoms with Crippen LogP contribution in [0.1, 0.15) is 88.3 Å². The van der Waals surface area contributed by atoms with Crippen LogP contribution in [0.25, 0.3) is 5.69 Å². The zero-order valence-electron chi connectivity index (χ0n) is 20.6. The van der Waals surface area contributed by atoms with Crippen molar-refractivity contribution in [2.75, 3.05) is 0 Å². The number of benzene rings is 1. The quantitative estimate of drug-likeness (QED) is 0.393. The maximum atomic E-state index is 13.4. The first-order valence-electron chi connectivity index (χ1n) is 12.8. The van der Waals surface area contributed by atoms with Crippen LogP contribution in [0.3, 0.4) is 0 Å². The maximum absolute atomic E-state index is 13.4. The first-order valence-corrected chi connectivity index (χ1v) is 13.6. The van der Waals surface area contributed by atoms with Crippen LogP contribution in [-0.4, -0.2) is 22.7 Å². The van der Waals surface area contributed by atoms with E-state index in [1.165, 1.54) is 58.8 Å². The lowest BCUT2D eigenvalue weighted by atomic mass is 9.93. The SMILES string of the molecule is Cc1ccc(-n2c(C)cc(/C=N/c3sc4c(c3C(=O)NC3CCCCC3)CCCC4)c2C)cc1. The second-order valence-corrected chi connectivity index (χ2v) is 11.0. The molecule has 0 unspecified atom stereocenters. The summed E-state index contributed by atoms with van der Waals surface area (Å²) in [5.74, 6) is 0.0866. The lowest BCUT2D eigenvalue weighted by Gasteiger charge is -2.23. The first kappa shape index (κ1) is 23.1. The third kappa shape index (κ3) is 4.63. The number of hydrogen-bond acceptors (Lipinski definition) is 3. The van der Waals surface area contributed by atoms with Gasteiger partial charge < -0.3 is 9.88 Å². The zero-order valence-corrected chi connectivity index (χ0v) is 21.4. The predicted octanol–water partition coefficient (Wildman–Crippen LogP) is 7.16. The minimum atomic E-state index is 0.0866. The summed E-state index contributed by atoms with van der Waals surface area (Å²) in [5, 5.41) is 4.23. The maximum Gasteiger partial charge on any atom is 0.254 e. The van der Waals surface area contributed by atoms with Crippen LogP contribution in [0.5, 0.6) is 0 Å². The van der Waals surface area contributed by atoms with Crippen molar-refractivity contribution in [3.63, 3.8) is 0 Å². The highest BCUT2D eigenvalue weighted by molar-refractivity contribution is 7.16. The molecule has 0 bridgehead atoms. The molecule has 3 aromatic rings. The van der Waals surface area contributed by atoms with Gasteiger partial charge in [-0.3, -0.25) is 4.79 Å². The topological polar surface area (TPSA) is 46.4 Å². The number of hydrogen-bond donors (Lipinski definition) is 1. The molecule has 2 aliphatic rings. The molecule has 0 saturated heterocycles. The fourth-order valence-corrected chi connectivity index (χ4v) is 6.75. The molecule has 2 aromatic heterocycles. The molecule has 5 heteroatoms. The third-order valence-corrected chi connectivity index (χ3v) is 8.60. The van der Waals surface area contributed by atoms with E-state index in [4.69, 9.17) is 4.99 Å². The summed E-state index contributed by atoms with van der Waals surface area (Å²) < 4.78 is 2.27. The van der Waals surface area contributed by atoms with Crippen molar-refractivity contribution in [3.8, 4) is 5.69 Å². The number of carbonyl (C=O) groups is 1.